The topological polar surface area (TPSA) is 12.0 Å². The fourth-order valence-electron chi connectivity index (χ4n) is 2.22. The lowest BCUT2D eigenvalue weighted by atomic mass is 9.85. The van der Waals surface area contributed by atoms with E-state index in [1.165, 1.54) is 16.8 Å². The number of hydrogen-bond acceptors (Lipinski definition) is 1. The van der Waals surface area contributed by atoms with Crippen LogP contribution in [-0.4, -0.2) is 6.54 Å². The van der Waals surface area contributed by atoms with E-state index in [0.717, 1.165) is 18.0 Å². The van der Waals surface area contributed by atoms with Gasteiger partial charge in [0.05, 0.1) is 0 Å². The highest BCUT2D eigenvalue weighted by molar-refractivity contribution is 6.31. The quantitative estimate of drug-likeness (QED) is 0.762. The smallest absolute Gasteiger partial charge is 0.0458 e. The van der Waals surface area contributed by atoms with Crippen LogP contribution < -0.4 is 5.32 Å². The maximum absolute atomic E-state index is 6.24. The summed E-state index contributed by atoms with van der Waals surface area (Å²) in [7, 11) is 0. The van der Waals surface area contributed by atoms with Gasteiger partial charge in [0.15, 0.2) is 0 Å². The van der Waals surface area contributed by atoms with Crippen LogP contribution >= 0.6 is 11.6 Å². The predicted molar refractivity (Wildman–Crippen MR) is 66.7 cm³/mol. The van der Waals surface area contributed by atoms with Crippen molar-refractivity contribution in [1.82, 2.24) is 0 Å². The van der Waals surface area contributed by atoms with Crippen LogP contribution in [-0.2, 0) is 6.42 Å². The van der Waals surface area contributed by atoms with Gasteiger partial charge in [-0.15, -0.1) is 0 Å². The monoisotopic (exact) mass is 223 g/mol. The van der Waals surface area contributed by atoms with Crippen LogP contribution in [0.25, 0.3) is 0 Å². The Bertz CT molecular complexity index is 371. The van der Waals surface area contributed by atoms with Gasteiger partial charge in [0.25, 0.3) is 0 Å². The van der Waals surface area contributed by atoms with Crippen molar-refractivity contribution in [3.05, 3.63) is 28.3 Å². The number of halogens is 1. The Morgan fingerprint density at radius 1 is 1.40 bits per heavy atom. The summed E-state index contributed by atoms with van der Waals surface area (Å²) in [6, 6.07) is 4.10. The number of fused-ring (bicyclic) bond motifs is 1. The Morgan fingerprint density at radius 3 is 2.80 bits per heavy atom. The number of anilines is 1. The molecule has 15 heavy (non-hydrogen) atoms. The van der Waals surface area contributed by atoms with E-state index < -0.39 is 0 Å². The molecule has 1 N–H and O–H groups in total. The molecule has 1 atom stereocenters. The van der Waals surface area contributed by atoms with Crippen molar-refractivity contribution in [3.63, 3.8) is 0 Å². The lowest BCUT2D eigenvalue weighted by Crippen LogP contribution is -2.27. The SMILES string of the molecule is Cc1ccc(Cl)c2c1NCC(C(C)C)C2. The van der Waals surface area contributed by atoms with Gasteiger partial charge < -0.3 is 5.32 Å². The predicted octanol–water partition coefficient (Wildman–Crippen LogP) is 3.89. The molecule has 1 aliphatic heterocycles. The minimum Gasteiger partial charge on any atom is -0.384 e. The average molecular weight is 224 g/mol. The zero-order valence-corrected chi connectivity index (χ0v) is 10.4. The molecular weight excluding hydrogens is 206 g/mol. The van der Waals surface area contributed by atoms with Gasteiger partial charge in [-0.1, -0.05) is 31.5 Å². The van der Waals surface area contributed by atoms with E-state index in [0.29, 0.717) is 11.8 Å². The number of aryl methyl sites for hydroxylation is 1. The lowest BCUT2D eigenvalue weighted by Gasteiger charge is -2.30. The maximum atomic E-state index is 6.24. The third kappa shape index (κ3) is 1.98. The number of rotatable bonds is 1. The fourth-order valence-corrected chi connectivity index (χ4v) is 2.46. The first-order valence-corrected chi connectivity index (χ1v) is 5.99. The molecule has 2 heteroatoms. The summed E-state index contributed by atoms with van der Waals surface area (Å²) in [6.07, 6.45) is 1.11. The summed E-state index contributed by atoms with van der Waals surface area (Å²) in [5.41, 5.74) is 3.87. The van der Waals surface area contributed by atoms with E-state index in [2.05, 4.69) is 32.2 Å². The molecular formula is C13H18ClN. The van der Waals surface area contributed by atoms with Crippen molar-refractivity contribution >= 4 is 17.3 Å². The van der Waals surface area contributed by atoms with Gasteiger partial charge >= 0.3 is 0 Å². The Morgan fingerprint density at radius 2 is 2.13 bits per heavy atom. The van der Waals surface area contributed by atoms with Gasteiger partial charge in [-0.2, -0.15) is 0 Å². The van der Waals surface area contributed by atoms with E-state index in [9.17, 15) is 0 Å². The molecule has 0 saturated heterocycles. The third-order valence-corrected chi connectivity index (χ3v) is 3.77. The van der Waals surface area contributed by atoms with E-state index in [1.54, 1.807) is 0 Å². The van der Waals surface area contributed by atoms with Crippen LogP contribution in [0.1, 0.15) is 25.0 Å². The summed E-state index contributed by atoms with van der Waals surface area (Å²) in [6.45, 7) is 7.77. The molecule has 1 aromatic rings. The number of hydrogen-bond donors (Lipinski definition) is 1. The highest BCUT2D eigenvalue weighted by Crippen LogP contribution is 2.35. The Balaban J connectivity index is 2.36. The molecule has 0 spiro atoms. The van der Waals surface area contributed by atoms with Gasteiger partial charge in [-0.25, -0.2) is 0 Å². The number of nitrogens with one attached hydrogen (secondary N) is 1. The van der Waals surface area contributed by atoms with Crippen LogP contribution in [0.5, 0.6) is 0 Å². The molecule has 1 heterocycles. The van der Waals surface area contributed by atoms with E-state index in [-0.39, 0.29) is 0 Å². The van der Waals surface area contributed by atoms with Crippen LogP contribution in [0.2, 0.25) is 5.02 Å². The first-order valence-electron chi connectivity index (χ1n) is 5.61. The van der Waals surface area contributed by atoms with Crippen molar-refractivity contribution in [2.45, 2.75) is 27.2 Å². The molecule has 2 rings (SSSR count). The van der Waals surface area contributed by atoms with E-state index >= 15 is 0 Å². The van der Waals surface area contributed by atoms with Gasteiger partial charge in [0.2, 0.25) is 0 Å². The van der Waals surface area contributed by atoms with Crippen molar-refractivity contribution in [3.8, 4) is 0 Å². The second-order valence-electron chi connectivity index (χ2n) is 4.81. The minimum atomic E-state index is 0.705. The van der Waals surface area contributed by atoms with Gasteiger partial charge in [0.1, 0.15) is 0 Å². The molecule has 1 aliphatic rings. The normalized spacial score (nSPS) is 19.9. The van der Waals surface area contributed by atoms with Crippen LogP contribution in [0.15, 0.2) is 12.1 Å². The van der Waals surface area contributed by atoms with Crippen LogP contribution in [0, 0.1) is 18.8 Å². The highest BCUT2D eigenvalue weighted by atomic mass is 35.5. The summed E-state index contributed by atoms with van der Waals surface area (Å²) < 4.78 is 0. The Labute approximate surface area is 96.8 Å². The molecule has 1 nitrogen and oxygen atoms in total. The maximum Gasteiger partial charge on any atom is 0.0458 e. The van der Waals surface area contributed by atoms with Gasteiger partial charge in [-0.3, -0.25) is 0 Å². The molecule has 0 bridgehead atoms. The average Bonchev–Trinajstić information content (AvgIpc) is 2.23. The zero-order valence-electron chi connectivity index (χ0n) is 9.60. The molecule has 0 aromatic heterocycles. The highest BCUT2D eigenvalue weighted by Gasteiger charge is 2.23. The van der Waals surface area contributed by atoms with Gasteiger partial charge in [-0.05, 0) is 42.4 Å². The van der Waals surface area contributed by atoms with Crippen molar-refractivity contribution in [2.75, 3.05) is 11.9 Å². The van der Waals surface area contributed by atoms with Crippen molar-refractivity contribution in [2.24, 2.45) is 11.8 Å². The largest absolute Gasteiger partial charge is 0.384 e. The Kier molecular flexibility index (Phi) is 2.92. The van der Waals surface area contributed by atoms with Crippen LogP contribution in [0.3, 0.4) is 0 Å². The summed E-state index contributed by atoms with van der Waals surface area (Å²) >= 11 is 6.24. The summed E-state index contributed by atoms with van der Waals surface area (Å²) in [5.74, 6) is 1.42. The summed E-state index contributed by atoms with van der Waals surface area (Å²) in [5, 5.41) is 4.43. The second kappa shape index (κ2) is 4.05. The van der Waals surface area contributed by atoms with Gasteiger partial charge in [0, 0.05) is 17.3 Å². The van der Waals surface area contributed by atoms with Crippen molar-refractivity contribution < 1.29 is 0 Å². The lowest BCUT2D eigenvalue weighted by molar-refractivity contribution is 0.393. The molecule has 1 aromatic carbocycles. The molecule has 0 fully saturated rings. The number of benzene rings is 1. The fraction of sp³-hybridized carbons (Fsp3) is 0.538. The third-order valence-electron chi connectivity index (χ3n) is 3.41. The molecule has 0 radical (unpaired) electrons. The molecule has 0 saturated carbocycles. The standard InChI is InChI=1S/C13H18ClN/c1-8(2)10-6-11-12(14)5-4-9(3)13(11)15-7-10/h4-5,8,10,15H,6-7H2,1-3H3. The molecule has 1 unspecified atom stereocenters. The molecule has 0 amide bonds. The Hall–Kier alpha value is -0.690. The molecule has 82 valence electrons. The van der Waals surface area contributed by atoms with Crippen molar-refractivity contribution in [1.29, 1.82) is 0 Å². The second-order valence-corrected chi connectivity index (χ2v) is 5.21. The van der Waals surface area contributed by atoms with Crippen LogP contribution in [0.4, 0.5) is 5.69 Å². The minimum absolute atomic E-state index is 0.705. The van der Waals surface area contributed by atoms with E-state index in [4.69, 9.17) is 11.6 Å². The van der Waals surface area contributed by atoms with E-state index in [1.807, 2.05) is 6.07 Å². The first-order chi connectivity index (χ1) is 7.09. The first kappa shape index (κ1) is 10.8. The summed E-state index contributed by atoms with van der Waals surface area (Å²) in [4.78, 5) is 0. The molecule has 0 aliphatic carbocycles. The zero-order chi connectivity index (χ0) is 11.0.